The number of carbonyl (C=O) groups is 1. The van der Waals surface area contributed by atoms with Gasteiger partial charge in [-0.3, -0.25) is 15.1 Å². The Labute approximate surface area is 133 Å². The van der Waals surface area contributed by atoms with E-state index in [1.807, 2.05) is 31.2 Å². The molecule has 1 aromatic carbocycles. The molecule has 3 aromatic rings. The van der Waals surface area contributed by atoms with E-state index in [0.29, 0.717) is 11.4 Å². The van der Waals surface area contributed by atoms with Crippen molar-refractivity contribution in [2.75, 3.05) is 11.9 Å². The normalized spacial score (nSPS) is 10.3. The molecular weight excluding hydrogens is 294 g/mol. The highest BCUT2D eigenvalue weighted by Crippen LogP contribution is 2.20. The van der Waals surface area contributed by atoms with Gasteiger partial charge in [-0.1, -0.05) is 17.3 Å². The smallest absolute Gasteiger partial charge is 0.264 e. The number of ether oxygens (including phenoxy) is 1. The fourth-order valence-corrected chi connectivity index (χ4v) is 2.01. The molecule has 1 N–H and O–H groups in total. The van der Waals surface area contributed by atoms with Crippen molar-refractivity contribution in [1.82, 2.24) is 10.1 Å². The third-order valence-corrected chi connectivity index (χ3v) is 3.09. The lowest BCUT2D eigenvalue weighted by molar-refractivity contribution is -0.118. The van der Waals surface area contributed by atoms with E-state index in [-0.39, 0.29) is 18.4 Å². The second kappa shape index (κ2) is 6.74. The van der Waals surface area contributed by atoms with Crippen LogP contribution in [0.2, 0.25) is 0 Å². The van der Waals surface area contributed by atoms with Gasteiger partial charge in [-0.05, 0) is 36.8 Å². The van der Waals surface area contributed by atoms with E-state index in [0.717, 1.165) is 11.1 Å². The third kappa shape index (κ3) is 3.94. The van der Waals surface area contributed by atoms with Crippen LogP contribution < -0.4 is 10.1 Å². The van der Waals surface area contributed by atoms with Crippen LogP contribution in [0.3, 0.4) is 0 Å². The number of anilines is 1. The molecule has 23 heavy (non-hydrogen) atoms. The number of carbonyl (C=O) groups excluding carboxylic acids is 1. The Hall–Kier alpha value is -3.15. The molecule has 6 nitrogen and oxygen atoms in total. The Morgan fingerprint density at radius 3 is 2.96 bits per heavy atom. The fraction of sp³-hybridized carbons (Fsp3) is 0.118. The van der Waals surface area contributed by atoms with E-state index in [1.54, 1.807) is 30.6 Å². The number of hydrogen-bond donors (Lipinski definition) is 1. The van der Waals surface area contributed by atoms with Gasteiger partial charge < -0.3 is 9.26 Å². The van der Waals surface area contributed by atoms with Crippen LogP contribution in [-0.4, -0.2) is 22.7 Å². The number of hydrogen-bond acceptors (Lipinski definition) is 5. The maximum Gasteiger partial charge on any atom is 0.264 e. The zero-order valence-electron chi connectivity index (χ0n) is 12.5. The van der Waals surface area contributed by atoms with Gasteiger partial charge in [0.15, 0.2) is 6.61 Å². The predicted octanol–water partition coefficient (Wildman–Crippen LogP) is 3.06. The number of amides is 1. The van der Waals surface area contributed by atoms with Gasteiger partial charge in [0, 0.05) is 24.0 Å². The minimum atomic E-state index is -0.319. The number of nitrogens with zero attached hydrogens (tertiary/aromatic N) is 2. The summed E-state index contributed by atoms with van der Waals surface area (Å²) in [5.41, 5.74) is 2.49. The largest absolute Gasteiger partial charge is 0.484 e. The van der Waals surface area contributed by atoms with Crippen molar-refractivity contribution in [2.45, 2.75) is 6.92 Å². The van der Waals surface area contributed by atoms with Crippen molar-refractivity contribution in [1.29, 1.82) is 0 Å². The van der Waals surface area contributed by atoms with Gasteiger partial charge in [0.05, 0.1) is 0 Å². The first-order valence-electron chi connectivity index (χ1n) is 7.07. The van der Waals surface area contributed by atoms with Crippen molar-refractivity contribution in [3.63, 3.8) is 0 Å². The summed E-state index contributed by atoms with van der Waals surface area (Å²) in [7, 11) is 0. The molecule has 0 bridgehead atoms. The highest BCUT2D eigenvalue weighted by molar-refractivity contribution is 5.91. The van der Waals surface area contributed by atoms with Crippen molar-refractivity contribution < 1.29 is 14.1 Å². The number of pyridine rings is 1. The van der Waals surface area contributed by atoms with Crippen LogP contribution in [0.1, 0.15) is 5.56 Å². The average Bonchev–Trinajstić information content (AvgIpc) is 3.02. The van der Waals surface area contributed by atoms with Gasteiger partial charge in [-0.2, -0.15) is 0 Å². The summed E-state index contributed by atoms with van der Waals surface area (Å²) < 4.78 is 10.5. The SMILES string of the molecule is Cc1cccc(OCC(=O)Nc2cc(-c3cccnc3)no2)c1. The summed E-state index contributed by atoms with van der Waals surface area (Å²) in [6, 6.07) is 12.8. The first-order valence-corrected chi connectivity index (χ1v) is 7.07. The lowest BCUT2D eigenvalue weighted by atomic mass is 10.2. The van der Waals surface area contributed by atoms with Crippen LogP contribution in [0.5, 0.6) is 5.75 Å². The molecule has 116 valence electrons. The molecule has 2 heterocycles. The van der Waals surface area contributed by atoms with E-state index in [9.17, 15) is 4.79 Å². The molecule has 6 heteroatoms. The Kier molecular flexibility index (Phi) is 4.33. The number of nitrogens with one attached hydrogen (secondary N) is 1. The molecule has 3 rings (SSSR count). The maximum atomic E-state index is 11.9. The molecule has 0 radical (unpaired) electrons. The lowest BCUT2D eigenvalue weighted by Gasteiger charge is -2.05. The van der Waals surface area contributed by atoms with E-state index < -0.39 is 0 Å². The molecular formula is C17H15N3O3. The van der Waals surface area contributed by atoms with Gasteiger partial charge in [-0.25, -0.2) is 0 Å². The summed E-state index contributed by atoms with van der Waals surface area (Å²) in [5, 5.41) is 6.50. The summed E-state index contributed by atoms with van der Waals surface area (Å²) >= 11 is 0. The van der Waals surface area contributed by atoms with Gasteiger partial charge >= 0.3 is 0 Å². The van der Waals surface area contributed by atoms with E-state index in [2.05, 4.69) is 15.5 Å². The lowest BCUT2D eigenvalue weighted by Crippen LogP contribution is -2.19. The Morgan fingerprint density at radius 2 is 2.17 bits per heavy atom. The number of rotatable bonds is 5. The maximum absolute atomic E-state index is 11.9. The molecule has 0 spiro atoms. The number of aryl methyl sites for hydroxylation is 1. The van der Waals surface area contributed by atoms with Crippen LogP contribution in [0.25, 0.3) is 11.3 Å². The van der Waals surface area contributed by atoms with Gasteiger partial charge in [0.1, 0.15) is 11.4 Å². The topological polar surface area (TPSA) is 77.2 Å². The third-order valence-electron chi connectivity index (χ3n) is 3.09. The van der Waals surface area contributed by atoms with Crippen LogP contribution in [0.15, 0.2) is 59.4 Å². The molecule has 0 atom stereocenters. The highest BCUT2D eigenvalue weighted by atomic mass is 16.5. The van der Waals surface area contributed by atoms with Gasteiger partial charge in [0.2, 0.25) is 5.88 Å². The molecule has 0 aliphatic carbocycles. The van der Waals surface area contributed by atoms with Crippen molar-refractivity contribution in [3.05, 3.63) is 60.4 Å². The Balaban J connectivity index is 1.57. The van der Waals surface area contributed by atoms with Crippen LogP contribution in [0, 0.1) is 6.92 Å². The van der Waals surface area contributed by atoms with Crippen LogP contribution >= 0.6 is 0 Å². The van der Waals surface area contributed by atoms with Crippen molar-refractivity contribution >= 4 is 11.8 Å². The number of benzene rings is 1. The molecule has 0 unspecified atom stereocenters. The van der Waals surface area contributed by atoms with Crippen LogP contribution in [0.4, 0.5) is 5.88 Å². The standard InChI is InChI=1S/C17H15N3O3/c1-12-4-2-6-14(8-12)22-11-16(21)19-17-9-15(20-23-17)13-5-3-7-18-10-13/h2-10H,11H2,1H3,(H,19,21). The van der Waals surface area contributed by atoms with E-state index in [1.165, 1.54) is 0 Å². The fourth-order valence-electron chi connectivity index (χ4n) is 2.01. The highest BCUT2D eigenvalue weighted by Gasteiger charge is 2.10. The van der Waals surface area contributed by atoms with Gasteiger partial charge in [0.25, 0.3) is 5.91 Å². The second-order valence-corrected chi connectivity index (χ2v) is 4.97. The van der Waals surface area contributed by atoms with Crippen molar-refractivity contribution in [3.8, 4) is 17.0 Å². The van der Waals surface area contributed by atoms with E-state index >= 15 is 0 Å². The predicted molar refractivity (Wildman–Crippen MR) is 85.0 cm³/mol. The summed E-state index contributed by atoms with van der Waals surface area (Å²) in [4.78, 5) is 15.9. The zero-order chi connectivity index (χ0) is 16.1. The molecule has 0 aliphatic heterocycles. The first kappa shape index (κ1) is 14.8. The minimum absolute atomic E-state index is 0.105. The average molecular weight is 309 g/mol. The molecule has 0 aliphatic rings. The van der Waals surface area contributed by atoms with E-state index in [4.69, 9.17) is 9.26 Å². The molecule has 0 saturated heterocycles. The molecule has 1 amide bonds. The number of aromatic nitrogens is 2. The molecule has 0 saturated carbocycles. The molecule has 0 fully saturated rings. The zero-order valence-corrected chi connectivity index (χ0v) is 12.5. The minimum Gasteiger partial charge on any atom is -0.484 e. The monoisotopic (exact) mass is 309 g/mol. The molecule has 2 aromatic heterocycles. The van der Waals surface area contributed by atoms with Crippen molar-refractivity contribution in [2.24, 2.45) is 0 Å². The summed E-state index contributed by atoms with van der Waals surface area (Å²) in [6.07, 6.45) is 3.35. The Bertz CT molecular complexity index is 800. The first-order chi connectivity index (χ1) is 11.2. The Morgan fingerprint density at radius 1 is 1.26 bits per heavy atom. The summed E-state index contributed by atoms with van der Waals surface area (Å²) in [5.74, 6) is 0.593. The van der Waals surface area contributed by atoms with Crippen LogP contribution in [-0.2, 0) is 4.79 Å². The quantitative estimate of drug-likeness (QED) is 0.783. The summed E-state index contributed by atoms with van der Waals surface area (Å²) in [6.45, 7) is 1.85. The second-order valence-electron chi connectivity index (χ2n) is 4.97. The van der Waals surface area contributed by atoms with Gasteiger partial charge in [-0.15, -0.1) is 0 Å².